The molecule has 2 unspecified atom stereocenters. The first-order chi connectivity index (χ1) is 9.20. The van der Waals surface area contributed by atoms with E-state index >= 15 is 0 Å². The van der Waals surface area contributed by atoms with Crippen LogP contribution >= 0.6 is 23.2 Å². The molecule has 0 saturated heterocycles. The van der Waals surface area contributed by atoms with Crippen molar-refractivity contribution < 1.29 is 13.2 Å². The number of pyridine rings is 1. The third kappa shape index (κ3) is 3.01. The van der Waals surface area contributed by atoms with Crippen molar-refractivity contribution in [2.45, 2.75) is 25.4 Å². The largest absolute Gasteiger partial charge is 0.417 e. The lowest BCUT2D eigenvalue weighted by Gasteiger charge is -2.22. The highest BCUT2D eigenvalue weighted by Gasteiger charge is 2.32. The minimum atomic E-state index is -4.45. The van der Waals surface area contributed by atoms with Gasteiger partial charge in [-0.3, -0.25) is 4.98 Å². The molecule has 108 valence electrons. The molecule has 1 heterocycles. The van der Waals surface area contributed by atoms with Crippen molar-refractivity contribution in [2.24, 2.45) is 5.92 Å². The summed E-state index contributed by atoms with van der Waals surface area (Å²) < 4.78 is 37.8. The summed E-state index contributed by atoms with van der Waals surface area (Å²) in [6, 6.07) is 0.898. The lowest BCUT2D eigenvalue weighted by molar-refractivity contribution is -0.137. The predicted octanol–water partition coefficient (Wildman–Crippen LogP) is 5.34. The molecule has 0 spiro atoms. The van der Waals surface area contributed by atoms with E-state index in [1.165, 1.54) is 0 Å². The first-order valence-electron chi connectivity index (χ1n) is 5.98. The quantitative estimate of drug-likeness (QED) is 0.636. The molecule has 1 aromatic heterocycles. The second kappa shape index (κ2) is 5.41. The topological polar surface area (TPSA) is 12.9 Å². The Balaban J connectivity index is 2.45. The monoisotopic (exact) mass is 321 g/mol. The molecule has 1 nitrogen and oxygen atoms in total. The van der Waals surface area contributed by atoms with E-state index in [0.717, 1.165) is 23.4 Å². The molecule has 0 fully saturated rings. The van der Waals surface area contributed by atoms with Crippen LogP contribution < -0.4 is 0 Å². The molecule has 0 N–H and O–H groups in total. The molecule has 0 aromatic carbocycles. The van der Waals surface area contributed by atoms with Crippen LogP contribution in [0.25, 0.3) is 5.57 Å². The second-order valence-corrected chi connectivity index (χ2v) is 5.70. The lowest BCUT2D eigenvalue weighted by atomic mass is 9.90. The first kappa shape index (κ1) is 15.4. The van der Waals surface area contributed by atoms with Gasteiger partial charge in [0, 0.05) is 11.8 Å². The maximum Gasteiger partial charge on any atom is 0.417 e. The van der Waals surface area contributed by atoms with Gasteiger partial charge >= 0.3 is 6.18 Å². The summed E-state index contributed by atoms with van der Waals surface area (Å²) in [4.78, 5) is 3.87. The van der Waals surface area contributed by atoms with Crippen LogP contribution in [0.1, 0.15) is 25.1 Å². The number of allylic oxidation sites excluding steroid dienone is 4. The third-order valence-electron chi connectivity index (χ3n) is 3.19. The molecule has 0 radical (unpaired) electrons. The zero-order chi connectivity index (χ0) is 15.1. The molecule has 1 aliphatic carbocycles. The van der Waals surface area contributed by atoms with Crippen molar-refractivity contribution in [3.05, 3.63) is 46.3 Å². The summed E-state index contributed by atoms with van der Waals surface area (Å²) in [6.07, 6.45) is 0.0913. The Morgan fingerprint density at radius 1 is 1.25 bits per heavy atom. The number of hydrogen-bond acceptors (Lipinski definition) is 1. The number of rotatable bonds is 1. The molecule has 0 bridgehead atoms. The summed E-state index contributed by atoms with van der Waals surface area (Å²) in [5.41, 5.74) is 1.08. The Bertz CT molecular complexity index is 591. The molecule has 1 aliphatic rings. The van der Waals surface area contributed by atoms with Crippen LogP contribution in [0.3, 0.4) is 0 Å². The fourth-order valence-electron chi connectivity index (χ4n) is 2.02. The molecule has 1 aromatic rings. The Labute approximate surface area is 125 Å². The fourth-order valence-corrected chi connectivity index (χ4v) is 2.55. The zero-order valence-corrected chi connectivity index (χ0v) is 12.3. The minimum absolute atomic E-state index is 0.0148. The van der Waals surface area contributed by atoms with Crippen LogP contribution in [0.5, 0.6) is 0 Å². The summed E-state index contributed by atoms with van der Waals surface area (Å²) in [7, 11) is 0. The Morgan fingerprint density at radius 3 is 2.45 bits per heavy atom. The van der Waals surface area contributed by atoms with Gasteiger partial charge in [-0.2, -0.15) is 13.2 Å². The van der Waals surface area contributed by atoms with Crippen molar-refractivity contribution in [2.75, 3.05) is 0 Å². The molecular formula is C14H12Cl2F3N. The molecular weight excluding hydrogens is 310 g/mol. The van der Waals surface area contributed by atoms with Crippen LogP contribution in [0.2, 0.25) is 5.02 Å². The maximum absolute atomic E-state index is 12.6. The van der Waals surface area contributed by atoms with E-state index in [0.29, 0.717) is 5.69 Å². The van der Waals surface area contributed by atoms with E-state index in [1.54, 1.807) is 0 Å². The van der Waals surface area contributed by atoms with Gasteiger partial charge in [0.1, 0.15) is 0 Å². The molecule has 0 aliphatic heterocycles. The summed E-state index contributed by atoms with van der Waals surface area (Å²) in [5, 5.41) is -0.147. The average Bonchev–Trinajstić information content (AvgIpc) is 2.33. The Hall–Kier alpha value is -1.00. The number of nitrogens with zero attached hydrogens (tertiary/aromatic N) is 1. The predicted molar refractivity (Wildman–Crippen MR) is 74.8 cm³/mol. The van der Waals surface area contributed by atoms with Gasteiger partial charge in [-0.15, -0.1) is 11.6 Å². The highest BCUT2D eigenvalue weighted by Crippen LogP contribution is 2.37. The SMILES string of the molecule is CC1=CC(Cl)C(C)C=C1c1ncc(C(F)(F)F)cc1Cl. The van der Waals surface area contributed by atoms with Gasteiger partial charge in [0.15, 0.2) is 0 Å². The van der Waals surface area contributed by atoms with Crippen LogP contribution in [0, 0.1) is 5.92 Å². The molecule has 6 heteroatoms. The van der Waals surface area contributed by atoms with Crippen LogP contribution in [0.15, 0.2) is 30.0 Å². The van der Waals surface area contributed by atoms with Crippen LogP contribution in [-0.4, -0.2) is 10.4 Å². The Morgan fingerprint density at radius 2 is 1.90 bits per heavy atom. The van der Waals surface area contributed by atoms with Crippen molar-refractivity contribution >= 4 is 28.8 Å². The normalized spacial score (nSPS) is 23.4. The first-order valence-corrected chi connectivity index (χ1v) is 6.79. The third-order valence-corrected chi connectivity index (χ3v) is 4.00. The van der Waals surface area contributed by atoms with Gasteiger partial charge in [-0.05, 0) is 24.5 Å². The molecule has 2 atom stereocenters. The van der Waals surface area contributed by atoms with E-state index in [-0.39, 0.29) is 16.3 Å². The van der Waals surface area contributed by atoms with Crippen LogP contribution in [-0.2, 0) is 6.18 Å². The number of hydrogen-bond donors (Lipinski definition) is 0. The molecule has 0 saturated carbocycles. The molecule has 20 heavy (non-hydrogen) atoms. The second-order valence-electron chi connectivity index (χ2n) is 4.79. The number of halogens is 5. The van der Waals surface area contributed by atoms with E-state index in [1.807, 2.05) is 26.0 Å². The van der Waals surface area contributed by atoms with E-state index in [2.05, 4.69) is 4.98 Å². The summed E-state index contributed by atoms with van der Waals surface area (Å²) >= 11 is 12.1. The van der Waals surface area contributed by atoms with Crippen molar-refractivity contribution in [3.8, 4) is 0 Å². The molecule has 2 rings (SSSR count). The van der Waals surface area contributed by atoms with Gasteiger partial charge in [0.05, 0.1) is 21.7 Å². The highest BCUT2D eigenvalue weighted by atomic mass is 35.5. The van der Waals surface area contributed by atoms with Crippen LogP contribution in [0.4, 0.5) is 13.2 Å². The fraction of sp³-hybridized carbons (Fsp3) is 0.357. The number of alkyl halides is 4. The van der Waals surface area contributed by atoms with Gasteiger partial charge in [0.25, 0.3) is 0 Å². The van der Waals surface area contributed by atoms with Gasteiger partial charge in [0.2, 0.25) is 0 Å². The van der Waals surface area contributed by atoms with E-state index in [4.69, 9.17) is 23.2 Å². The average molecular weight is 322 g/mol. The van der Waals surface area contributed by atoms with E-state index in [9.17, 15) is 13.2 Å². The van der Waals surface area contributed by atoms with Gasteiger partial charge in [-0.25, -0.2) is 0 Å². The minimum Gasteiger partial charge on any atom is -0.254 e. The van der Waals surface area contributed by atoms with Gasteiger partial charge in [-0.1, -0.05) is 30.7 Å². The van der Waals surface area contributed by atoms with Crippen molar-refractivity contribution in [3.63, 3.8) is 0 Å². The molecule has 0 amide bonds. The standard InChI is InChI=1S/C14H12Cl2F3N/c1-7-4-11(15)8(2)3-10(7)13-12(16)5-9(6-20-13)14(17,18)19/h3-6,8,11H,1-2H3. The highest BCUT2D eigenvalue weighted by molar-refractivity contribution is 6.32. The number of aromatic nitrogens is 1. The summed E-state index contributed by atoms with van der Waals surface area (Å²) in [6.45, 7) is 3.77. The van der Waals surface area contributed by atoms with Gasteiger partial charge < -0.3 is 0 Å². The summed E-state index contributed by atoms with van der Waals surface area (Å²) in [5.74, 6) is 0.0653. The maximum atomic E-state index is 12.6. The lowest BCUT2D eigenvalue weighted by Crippen LogP contribution is -2.13. The van der Waals surface area contributed by atoms with Crippen molar-refractivity contribution in [1.29, 1.82) is 0 Å². The van der Waals surface area contributed by atoms with E-state index < -0.39 is 11.7 Å². The zero-order valence-electron chi connectivity index (χ0n) is 10.8. The Kier molecular flexibility index (Phi) is 4.17. The van der Waals surface area contributed by atoms with Crippen molar-refractivity contribution in [1.82, 2.24) is 4.98 Å². The smallest absolute Gasteiger partial charge is 0.254 e.